The minimum absolute atomic E-state index is 0.0589. The highest BCUT2D eigenvalue weighted by atomic mass is 16.5. The quantitative estimate of drug-likeness (QED) is 0.392. The minimum atomic E-state index is -0.0589. The molecule has 0 amide bonds. The van der Waals surface area contributed by atoms with Crippen molar-refractivity contribution in [3.8, 4) is 11.5 Å². The molecule has 1 rings (SSSR count). The maximum Gasteiger partial charge on any atom is 0.161 e. The van der Waals surface area contributed by atoms with Gasteiger partial charge >= 0.3 is 0 Å². The van der Waals surface area contributed by atoms with Crippen molar-refractivity contribution < 1.29 is 14.2 Å². The van der Waals surface area contributed by atoms with Gasteiger partial charge in [-0.3, -0.25) is 11.3 Å². The number of benzene rings is 1. The molecule has 1 atom stereocenters. The molecule has 0 saturated heterocycles. The molecule has 0 aliphatic rings. The smallest absolute Gasteiger partial charge is 0.161 e. The Bertz CT molecular complexity index is 385. The number of hydrogen-bond acceptors (Lipinski definition) is 5. The molecule has 5 heteroatoms. The van der Waals surface area contributed by atoms with Crippen LogP contribution in [0.1, 0.15) is 38.8 Å². The summed E-state index contributed by atoms with van der Waals surface area (Å²) >= 11 is 0. The van der Waals surface area contributed by atoms with Gasteiger partial charge in [-0.1, -0.05) is 13.0 Å². The third-order valence-corrected chi connectivity index (χ3v) is 2.80. The number of nitrogens with one attached hydrogen (secondary N) is 1. The Hall–Kier alpha value is -1.30. The van der Waals surface area contributed by atoms with Gasteiger partial charge in [-0.05, 0) is 38.0 Å². The summed E-state index contributed by atoms with van der Waals surface area (Å²) in [4.78, 5) is 0. The minimum Gasteiger partial charge on any atom is -0.490 e. The summed E-state index contributed by atoms with van der Waals surface area (Å²) in [5, 5.41) is 0. The van der Waals surface area contributed by atoms with Crippen molar-refractivity contribution in [1.29, 1.82) is 0 Å². The molecule has 5 nitrogen and oxygen atoms in total. The van der Waals surface area contributed by atoms with Crippen LogP contribution >= 0.6 is 0 Å². The Morgan fingerprint density at radius 2 is 1.80 bits per heavy atom. The first-order valence-electron chi connectivity index (χ1n) is 7.20. The molecule has 1 unspecified atom stereocenters. The van der Waals surface area contributed by atoms with Crippen LogP contribution in [0.15, 0.2) is 18.2 Å². The summed E-state index contributed by atoms with van der Waals surface area (Å²) in [5.74, 6) is 7.10. The van der Waals surface area contributed by atoms with Gasteiger partial charge in [0, 0.05) is 6.61 Å². The van der Waals surface area contributed by atoms with Crippen LogP contribution in [-0.4, -0.2) is 26.4 Å². The molecule has 0 fully saturated rings. The zero-order chi connectivity index (χ0) is 14.8. The molecule has 0 spiro atoms. The van der Waals surface area contributed by atoms with Crippen LogP contribution in [0, 0.1) is 0 Å². The Morgan fingerprint density at radius 1 is 1.10 bits per heavy atom. The fraction of sp³-hybridized carbons (Fsp3) is 0.600. The van der Waals surface area contributed by atoms with E-state index in [0.717, 1.165) is 30.1 Å². The molecule has 0 bridgehead atoms. The second-order valence-electron chi connectivity index (χ2n) is 4.37. The fourth-order valence-electron chi connectivity index (χ4n) is 1.87. The second-order valence-corrected chi connectivity index (χ2v) is 4.37. The van der Waals surface area contributed by atoms with E-state index in [1.54, 1.807) is 0 Å². The Kier molecular flexibility index (Phi) is 8.02. The van der Waals surface area contributed by atoms with Crippen LogP contribution in [0.2, 0.25) is 0 Å². The first kappa shape index (κ1) is 16.8. The molecule has 1 aromatic carbocycles. The van der Waals surface area contributed by atoms with E-state index in [-0.39, 0.29) is 6.04 Å². The van der Waals surface area contributed by atoms with Gasteiger partial charge in [-0.25, -0.2) is 0 Å². The predicted octanol–water partition coefficient (Wildman–Crippen LogP) is 2.42. The van der Waals surface area contributed by atoms with Crippen molar-refractivity contribution in [1.82, 2.24) is 5.43 Å². The highest BCUT2D eigenvalue weighted by molar-refractivity contribution is 5.44. The van der Waals surface area contributed by atoms with Crippen molar-refractivity contribution >= 4 is 0 Å². The van der Waals surface area contributed by atoms with Crippen LogP contribution < -0.4 is 20.7 Å². The van der Waals surface area contributed by atoms with Gasteiger partial charge in [0.1, 0.15) is 0 Å². The van der Waals surface area contributed by atoms with Crippen LogP contribution in [0.4, 0.5) is 0 Å². The molecule has 1 aromatic rings. The number of hydrogen-bond donors (Lipinski definition) is 2. The Labute approximate surface area is 121 Å². The topological polar surface area (TPSA) is 65.7 Å². The van der Waals surface area contributed by atoms with Crippen LogP contribution in [-0.2, 0) is 4.74 Å². The lowest BCUT2D eigenvalue weighted by Crippen LogP contribution is -2.31. The zero-order valence-electron chi connectivity index (χ0n) is 12.6. The van der Waals surface area contributed by atoms with Gasteiger partial charge in [0.25, 0.3) is 0 Å². The molecule has 114 valence electrons. The molecule has 0 aliphatic heterocycles. The van der Waals surface area contributed by atoms with Crippen molar-refractivity contribution in [2.45, 2.75) is 33.2 Å². The van der Waals surface area contributed by atoms with E-state index in [4.69, 9.17) is 20.1 Å². The van der Waals surface area contributed by atoms with E-state index in [9.17, 15) is 0 Å². The number of hydrazine groups is 1. The van der Waals surface area contributed by atoms with Crippen molar-refractivity contribution in [2.75, 3.05) is 26.4 Å². The molecule has 0 heterocycles. The molecule has 0 radical (unpaired) electrons. The molecule has 0 aromatic heterocycles. The highest BCUT2D eigenvalue weighted by Gasteiger charge is 2.13. The monoisotopic (exact) mass is 282 g/mol. The van der Waals surface area contributed by atoms with E-state index in [2.05, 4.69) is 12.3 Å². The van der Waals surface area contributed by atoms with Gasteiger partial charge in [0.2, 0.25) is 0 Å². The van der Waals surface area contributed by atoms with Crippen LogP contribution in [0.5, 0.6) is 11.5 Å². The van der Waals surface area contributed by atoms with Gasteiger partial charge in [-0.15, -0.1) is 0 Å². The van der Waals surface area contributed by atoms with Crippen LogP contribution in [0.25, 0.3) is 0 Å². The fourth-order valence-corrected chi connectivity index (χ4v) is 1.87. The maximum absolute atomic E-state index is 5.62. The second kappa shape index (κ2) is 9.58. The summed E-state index contributed by atoms with van der Waals surface area (Å²) in [6.07, 6.45) is 0.991. The summed E-state index contributed by atoms with van der Waals surface area (Å²) < 4.78 is 16.7. The Balaban J connectivity index is 2.84. The van der Waals surface area contributed by atoms with Gasteiger partial charge < -0.3 is 14.2 Å². The molecule has 0 aliphatic carbocycles. The summed E-state index contributed by atoms with van der Waals surface area (Å²) in [5.41, 5.74) is 3.80. The lowest BCUT2D eigenvalue weighted by Gasteiger charge is -2.19. The summed E-state index contributed by atoms with van der Waals surface area (Å²) in [6.45, 7) is 8.44. The normalized spacial score (nSPS) is 12.2. The molecule has 0 saturated carbocycles. The largest absolute Gasteiger partial charge is 0.490 e. The molecular formula is C15H26N2O3. The first-order chi connectivity index (χ1) is 9.76. The number of rotatable bonds is 10. The average molecular weight is 282 g/mol. The van der Waals surface area contributed by atoms with Gasteiger partial charge in [-0.2, -0.15) is 0 Å². The third kappa shape index (κ3) is 5.00. The maximum atomic E-state index is 5.62. The Morgan fingerprint density at radius 3 is 2.40 bits per heavy atom. The lowest BCUT2D eigenvalue weighted by molar-refractivity contribution is 0.112. The van der Waals surface area contributed by atoms with Crippen molar-refractivity contribution in [2.24, 2.45) is 5.84 Å². The third-order valence-electron chi connectivity index (χ3n) is 2.80. The lowest BCUT2D eigenvalue weighted by atomic mass is 10.1. The van der Waals surface area contributed by atoms with Crippen LogP contribution in [0.3, 0.4) is 0 Å². The molecular weight excluding hydrogens is 256 g/mol. The number of ether oxygens (including phenoxy) is 3. The standard InChI is InChI=1S/C15H26N2O3/c1-4-9-18-11-13(17-16)12-7-8-14(19-5-2)15(10-12)20-6-3/h7-8,10,13,17H,4-6,9,11,16H2,1-3H3. The average Bonchev–Trinajstić information content (AvgIpc) is 2.46. The summed E-state index contributed by atoms with van der Waals surface area (Å²) in [7, 11) is 0. The van der Waals surface area contributed by atoms with Crippen molar-refractivity contribution in [3.63, 3.8) is 0 Å². The van der Waals surface area contributed by atoms with Gasteiger partial charge in [0.15, 0.2) is 11.5 Å². The predicted molar refractivity (Wildman–Crippen MR) is 80.0 cm³/mol. The van der Waals surface area contributed by atoms with E-state index in [0.29, 0.717) is 19.8 Å². The number of nitrogens with two attached hydrogens (primary N) is 1. The van der Waals surface area contributed by atoms with E-state index in [1.165, 1.54) is 0 Å². The summed E-state index contributed by atoms with van der Waals surface area (Å²) in [6, 6.07) is 5.78. The molecule has 20 heavy (non-hydrogen) atoms. The van der Waals surface area contributed by atoms with Gasteiger partial charge in [0.05, 0.1) is 25.9 Å². The molecule has 3 N–H and O–H groups in total. The first-order valence-corrected chi connectivity index (χ1v) is 7.20. The van der Waals surface area contributed by atoms with E-state index in [1.807, 2.05) is 32.0 Å². The van der Waals surface area contributed by atoms with E-state index >= 15 is 0 Å². The zero-order valence-corrected chi connectivity index (χ0v) is 12.6. The van der Waals surface area contributed by atoms with Crippen molar-refractivity contribution in [3.05, 3.63) is 23.8 Å². The SMILES string of the molecule is CCCOCC(NN)c1ccc(OCC)c(OCC)c1. The highest BCUT2D eigenvalue weighted by Crippen LogP contribution is 2.30. The van der Waals surface area contributed by atoms with E-state index < -0.39 is 0 Å².